The van der Waals surface area contributed by atoms with Gasteiger partial charge in [-0.3, -0.25) is 9.89 Å². The van der Waals surface area contributed by atoms with Crippen molar-refractivity contribution in [2.45, 2.75) is 63.8 Å². The van der Waals surface area contributed by atoms with Crippen molar-refractivity contribution >= 4 is 22.9 Å². The first kappa shape index (κ1) is 23.7. The second-order valence-electron chi connectivity index (χ2n) is 9.77. The zero-order valence-electron chi connectivity index (χ0n) is 20.4. The number of amides is 1. The van der Waals surface area contributed by atoms with E-state index in [1.165, 1.54) is 62.7 Å². The van der Waals surface area contributed by atoms with E-state index in [4.69, 9.17) is 0 Å². The molecule has 0 unspecified atom stereocenters. The molecule has 184 valence electrons. The number of unbranched alkanes of at least 4 members (excludes halogenated alkanes) is 2. The van der Waals surface area contributed by atoms with E-state index in [9.17, 15) is 4.79 Å². The van der Waals surface area contributed by atoms with Crippen molar-refractivity contribution in [3.8, 4) is 22.3 Å². The minimum atomic E-state index is 0.0341. The molecule has 35 heavy (non-hydrogen) atoms. The maximum absolute atomic E-state index is 13.1. The molecule has 0 aliphatic heterocycles. The molecule has 1 amide bonds. The van der Waals surface area contributed by atoms with Crippen LogP contribution in [0.2, 0.25) is 0 Å². The van der Waals surface area contributed by atoms with Crippen LogP contribution in [-0.2, 0) is 0 Å². The third-order valence-corrected chi connectivity index (χ3v) is 8.21. The molecule has 1 aliphatic carbocycles. The van der Waals surface area contributed by atoms with E-state index in [2.05, 4.69) is 43.2 Å². The van der Waals surface area contributed by atoms with Crippen LogP contribution < -0.4 is 20.1 Å². The Hall–Kier alpha value is -3.04. The Morgan fingerprint density at radius 1 is 1.23 bits per heavy atom. The summed E-state index contributed by atoms with van der Waals surface area (Å²) in [7, 11) is 0. The summed E-state index contributed by atoms with van der Waals surface area (Å²) in [6.07, 6.45) is 19.6. The highest BCUT2D eigenvalue weighted by molar-refractivity contribution is 7.12. The zero-order valence-corrected chi connectivity index (χ0v) is 21.2. The smallest absolute Gasteiger partial charge is 0.345 e. The summed E-state index contributed by atoms with van der Waals surface area (Å²) >= 11 is 1.50. The molecule has 0 spiro atoms. The third kappa shape index (κ3) is 5.31. The fraction of sp³-hybridized carbons (Fsp3) is 0.462. The van der Waals surface area contributed by atoms with Crippen molar-refractivity contribution in [3.63, 3.8) is 0 Å². The van der Waals surface area contributed by atoms with Crippen molar-refractivity contribution in [2.24, 2.45) is 0 Å². The van der Waals surface area contributed by atoms with Crippen LogP contribution in [0.4, 0.5) is 0 Å². The molecule has 8 nitrogen and oxygen atoms in total. The minimum Gasteiger partial charge on any atom is -0.345 e. The third-order valence-electron chi connectivity index (χ3n) is 7.28. The maximum atomic E-state index is 13.1. The number of thiophene rings is 1. The van der Waals surface area contributed by atoms with Gasteiger partial charge in [0.1, 0.15) is 11.1 Å². The number of aromatic nitrogens is 5. The number of carbonyl (C=O) groups is 1. The topological polar surface area (TPSA) is 108 Å². The molecule has 0 radical (unpaired) electrons. The van der Waals surface area contributed by atoms with Gasteiger partial charge in [-0.25, -0.2) is 0 Å². The van der Waals surface area contributed by atoms with Crippen LogP contribution >= 0.6 is 11.3 Å². The van der Waals surface area contributed by atoms with Crippen molar-refractivity contribution < 1.29 is 19.6 Å². The van der Waals surface area contributed by atoms with E-state index in [1.807, 2.05) is 35.4 Å². The van der Waals surface area contributed by atoms with Gasteiger partial charge in [-0.1, -0.05) is 19.8 Å². The summed E-state index contributed by atoms with van der Waals surface area (Å²) in [6, 6.07) is 2.00. The van der Waals surface area contributed by atoms with E-state index >= 15 is 0 Å². The molecule has 0 aromatic carbocycles. The van der Waals surface area contributed by atoms with Crippen LogP contribution in [0.15, 0.2) is 42.4 Å². The summed E-state index contributed by atoms with van der Waals surface area (Å²) in [5.41, 5.74) is 5.22. The summed E-state index contributed by atoms with van der Waals surface area (Å²) < 4.78 is 1.95. The van der Waals surface area contributed by atoms with Crippen molar-refractivity contribution in [1.29, 1.82) is 0 Å². The molecule has 4 heterocycles. The molecule has 0 saturated heterocycles. The highest BCUT2D eigenvalue weighted by atomic mass is 32.1. The van der Waals surface area contributed by atoms with Crippen molar-refractivity contribution in [1.82, 2.24) is 20.6 Å². The molecule has 1 saturated carbocycles. The summed E-state index contributed by atoms with van der Waals surface area (Å²) in [4.78, 5) is 17.2. The molecule has 1 fully saturated rings. The molecule has 9 heteroatoms. The van der Waals surface area contributed by atoms with Gasteiger partial charge in [0.2, 0.25) is 6.20 Å². The van der Waals surface area contributed by atoms with Gasteiger partial charge in [-0.05, 0) is 41.6 Å². The molecule has 4 aromatic rings. The van der Waals surface area contributed by atoms with Gasteiger partial charge in [-0.15, -0.1) is 11.3 Å². The first-order valence-electron chi connectivity index (χ1n) is 12.8. The van der Waals surface area contributed by atoms with Crippen LogP contribution in [0.3, 0.4) is 0 Å². The van der Waals surface area contributed by atoms with E-state index < -0.39 is 0 Å². The Labute approximate surface area is 209 Å². The summed E-state index contributed by atoms with van der Waals surface area (Å²) in [5.74, 6) is 0.0341. The second kappa shape index (κ2) is 10.7. The number of hydrogen-bond donors (Lipinski definition) is 4. The van der Waals surface area contributed by atoms with Gasteiger partial charge in [0.15, 0.2) is 11.8 Å². The van der Waals surface area contributed by atoms with E-state index in [0.717, 1.165) is 45.9 Å². The Bertz CT molecular complexity index is 1250. The number of hydrogen-bond acceptors (Lipinski definition) is 3. The number of nitrogens with two attached hydrogens (primary N) is 1. The average Bonchev–Trinajstić information content (AvgIpc) is 3.66. The van der Waals surface area contributed by atoms with Crippen LogP contribution in [0.1, 0.15) is 68.0 Å². The fourth-order valence-electron chi connectivity index (χ4n) is 5.21. The number of rotatable bonds is 10. The van der Waals surface area contributed by atoms with Crippen molar-refractivity contribution in [2.75, 3.05) is 13.1 Å². The second-order valence-corrected chi connectivity index (χ2v) is 10.7. The van der Waals surface area contributed by atoms with Gasteiger partial charge >= 0.3 is 5.65 Å². The Morgan fingerprint density at radius 2 is 2.11 bits per heavy atom. The first-order chi connectivity index (χ1) is 17.2. The summed E-state index contributed by atoms with van der Waals surface area (Å²) in [5, 5.41) is 18.0. The lowest BCUT2D eigenvalue weighted by Gasteiger charge is -2.35. The standard InChI is InChI=1S/C26H33N7OS/c1-2-3-7-10-29-26(8-5-4-6-9-26)18-28-25(34)23-11-19(17-35-23)22-15-32-33-16-21(12-27-24(22)33)20-13-30-31-14-20/h11-17,29H,2-10,18H2,1H3,(H2,28,30,31,34)/p+3. The van der Waals surface area contributed by atoms with Gasteiger partial charge in [0.05, 0.1) is 30.4 Å². The lowest BCUT2D eigenvalue weighted by molar-refractivity contribution is -0.728. The maximum Gasteiger partial charge on any atom is 0.480 e. The SMILES string of the molecule is CCCCC[NH2+]C1(CNC(=O)c2cc(-c3c[nH][n+]4cc(-c5cn[nH]c5)c[nH+]c34)cs2)CCCCC1. The molecular weight excluding hydrogens is 458 g/mol. The minimum absolute atomic E-state index is 0.0341. The normalized spacial score (nSPS) is 15.5. The highest BCUT2D eigenvalue weighted by Crippen LogP contribution is 2.28. The molecule has 5 rings (SSSR count). The molecule has 0 atom stereocenters. The Morgan fingerprint density at radius 3 is 2.91 bits per heavy atom. The predicted molar refractivity (Wildman–Crippen MR) is 136 cm³/mol. The zero-order chi connectivity index (χ0) is 24.1. The molecular formula is C26H36N7OS+3. The predicted octanol–water partition coefficient (Wildman–Crippen LogP) is 2.87. The number of nitrogens with zero attached hydrogens (tertiary/aromatic N) is 2. The van der Waals surface area contributed by atoms with Crippen LogP contribution in [0, 0.1) is 0 Å². The molecule has 0 bridgehead atoms. The quantitative estimate of drug-likeness (QED) is 0.201. The Kier molecular flexibility index (Phi) is 7.24. The van der Waals surface area contributed by atoms with Crippen LogP contribution in [0.5, 0.6) is 0 Å². The highest BCUT2D eigenvalue weighted by Gasteiger charge is 2.35. The van der Waals surface area contributed by atoms with E-state index in [0.29, 0.717) is 0 Å². The lowest BCUT2D eigenvalue weighted by atomic mass is 9.81. The first-order valence-corrected chi connectivity index (χ1v) is 13.7. The lowest BCUT2D eigenvalue weighted by Crippen LogP contribution is -2.99. The summed E-state index contributed by atoms with van der Waals surface area (Å²) in [6.45, 7) is 4.15. The Balaban J connectivity index is 1.26. The number of aromatic amines is 3. The molecule has 6 N–H and O–H groups in total. The monoisotopic (exact) mass is 494 g/mol. The van der Waals surface area contributed by atoms with Gasteiger partial charge in [0, 0.05) is 30.2 Å². The number of quaternary nitrogens is 1. The van der Waals surface area contributed by atoms with Crippen LogP contribution in [0.25, 0.3) is 27.9 Å². The fourth-order valence-corrected chi connectivity index (χ4v) is 6.03. The largest absolute Gasteiger partial charge is 0.480 e. The van der Waals surface area contributed by atoms with Gasteiger partial charge in [-0.2, -0.15) is 15.2 Å². The number of nitrogens with one attached hydrogen (secondary N) is 4. The van der Waals surface area contributed by atoms with Gasteiger partial charge in [0.25, 0.3) is 5.91 Å². The van der Waals surface area contributed by atoms with Crippen LogP contribution in [-0.4, -0.2) is 39.8 Å². The molecule has 1 aliphatic rings. The van der Waals surface area contributed by atoms with Crippen molar-refractivity contribution in [3.05, 3.63) is 47.3 Å². The van der Waals surface area contributed by atoms with E-state index in [1.54, 1.807) is 6.20 Å². The number of carbonyl (C=O) groups excluding carboxylic acids is 1. The average molecular weight is 495 g/mol. The number of fused-ring (bicyclic) bond motifs is 1. The molecule has 4 aromatic heterocycles. The number of H-pyrrole nitrogens is 3. The van der Waals surface area contributed by atoms with Gasteiger partial charge < -0.3 is 10.6 Å². The van der Waals surface area contributed by atoms with E-state index in [-0.39, 0.29) is 11.4 Å².